The summed E-state index contributed by atoms with van der Waals surface area (Å²) in [5.41, 5.74) is 0.263. The summed E-state index contributed by atoms with van der Waals surface area (Å²) in [5.74, 6) is 0.191. The van der Waals surface area contributed by atoms with Gasteiger partial charge in [-0.2, -0.15) is 0 Å². The van der Waals surface area contributed by atoms with E-state index in [-0.39, 0.29) is 36.1 Å². The Hall–Kier alpha value is -1.61. The van der Waals surface area contributed by atoms with Crippen molar-refractivity contribution in [2.75, 3.05) is 19.6 Å². The van der Waals surface area contributed by atoms with Crippen molar-refractivity contribution >= 4 is 29.9 Å². The van der Waals surface area contributed by atoms with Crippen LogP contribution in [0, 0.1) is 5.82 Å². The molecule has 0 saturated heterocycles. The molecule has 7 heteroatoms. The van der Waals surface area contributed by atoms with E-state index in [0.29, 0.717) is 19.0 Å². The number of aliphatic hydroxyl groups excluding tert-OH is 1. The van der Waals surface area contributed by atoms with E-state index in [9.17, 15) is 9.50 Å². The molecule has 132 valence electrons. The van der Waals surface area contributed by atoms with Gasteiger partial charge in [0.15, 0.2) is 5.96 Å². The number of halogens is 2. The van der Waals surface area contributed by atoms with Crippen LogP contribution >= 0.6 is 24.0 Å². The summed E-state index contributed by atoms with van der Waals surface area (Å²) in [6.45, 7) is 4.30. The van der Waals surface area contributed by atoms with E-state index < -0.39 is 11.9 Å². The summed E-state index contributed by atoms with van der Waals surface area (Å²) in [5, 5.41) is 16.4. The second kappa shape index (κ2) is 11.0. The zero-order valence-electron chi connectivity index (χ0n) is 13.7. The first-order valence-corrected chi connectivity index (χ1v) is 7.76. The monoisotopic (exact) mass is 446 g/mol. The lowest BCUT2D eigenvalue weighted by Gasteiger charge is -2.14. The van der Waals surface area contributed by atoms with Gasteiger partial charge in [-0.15, -0.1) is 24.0 Å². The molecule has 3 N–H and O–H groups in total. The molecule has 2 rings (SSSR count). The molecule has 0 aliphatic carbocycles. The molecule has 24 heavy (non-hydrogen) atoms. The van der Waals surface area contributed by atoms with Crippen molar-refractivity contribution in [3.63, 3.8) is 0 Å². The molecule has 0 fully saturated rings. The fourth-order valence-corrected chi connectivity index (χ4v) is 2.19. The molecule has 0 bridgehead atoms. The third-order valence-corrected chi connectivity index (χ3v) is 3.36. The summed E-state index contributed by atoms with van der Waals surface area (Å²) in [6.07, 6.45) is 3.03. The Morgan fingerprint density at radius 1 is 1.21 bits per heavy atom. The highest BCUT2D eigenvalue weighted by Crippen LogP contribution is 2.16. The van der Waals surface area contributed by atoms with E-state index in [0.717, 1.165) is 6.54 Å². The van der Waals surface area contributed by atoms with E-state index in [2.05, 4.69) is 20.2 Å². The maximum atomic E-state index is 13.6. The summed E-state index contributed by atoms with van der Waals surface area (Å²) in [6, 6.07) is 10.2. The molecule has 1 heterocycles. The predicted molar refractivity (Wildman–Crippen MR) is 105 cm³/mol. The maximum Gasteiger partial charge on any atom is 0.191 e. The molecule has 0 aliphatic rings. The highest BCUT2D eigenvalue weighted by Gasteiger charge is 2.11. The fraction of sp³-hybridized carbons (Fsp3) is 0.353. The molecule has 1 atom stereocenters. The molecule has 2 aromatic rings. The van der Waals surface area contributed by atoms with Gasteiger partial charge in [0, 0.05) is 37.6 Å². The van der Waals surface area contributed by atoms with Gasteiger partial charge in [0.1, 0.15) is 11.9 Å². The third-order valence-electron chi connectivity index (χ3n) is 3.36. The van der Waals surface area contributed by atoms with E-state index in [1.165, 1.54) is 6.07 Å². The second-order valence-electron chi connectivity index (χ2n) is 5.10. The minimum atomic E-state index is -0.962. The number of nitrogens with one attached hydrogen (secondary N) is 2. The highest BCUT2D eigenvalue weighted by atomic mass is 127. The Morgan fingerprint density at radius 2 is 1.92 bits per heavy atom. The summed E-state index contributed by atoms with van der Waals surface area (Å²) in [4.78, 5) is 4.32. The third kappa shape index (κ3) is 6.48. The van der Waals surface area contributed by atoms with Gasteiger partial charge in [0.05, 0.1) is 6.54 Å². The lowest BCUT2D eigenvalue weighted by Crippen LogP contribution is -2.39. The molecular weight excluding hydrogens is 422 g/mol. The van der Waals surface area contributed by atoms with Crippen LogP contribution in [0.15, 0.2) is 53.8 Å². The molecule has 0 aliphatic heterocycles. The maximum absolute atomic E-state index is 13.6. The summed E-state index contributed by atoms with van der Waals surface area (Å²) >= 11 is 0. The van der Waals surface area contributed by atoms with Crippen molar-refractivity contribution in [3.8, 4) is 0 Å². The van der Waals surface area contributed by atoms with Crippen LogP contribution in [0.4, 0.5) is 4.39 Å². The topological polar surface area (TPSA) is 61.6 Å². The number of hydrogen-bond acceptors (Lipinski definition) is 2. The van der Waals surface area contributed by atoms with Crippen LogP contribution in [0.5, 0.6) is 0 Å². The zero-order chi connectivity index (χ0) is 16.5. The first kappa shape index (κ1) is 20.4. The van der Waals surface area contributed by atoms with E-state index in [4.69, 9.17) is 0 Å². The first-order chi connectivity index (χ1) is 11.2. The Kier molecular flexibility index (Phi) is 9.39. The van der Waals surface area contributed by atoms with Gasteiger partial charge in [-0.3, -0.25) is 4.99 Å². The molecule has 1 aromatic heterocycles. The number of aliphatic imine (C=N–C) groups is 1. The van der Waals surface area contributed by atoms with Gasteiger partial charge >= 0.3 is 0 Å². The van der Waals surface area contributed by atoms with Crippen LogP contribution in [-0.4, -0.2) is 35.3 Å². The highest BCUT2D eigenvalue weighted by molar-refractivity contribution is 14.0. The fourth-order valence-electron chi connectivity index (χ4n) is 2.19. The molecule has 0 saturated carbocycles. The molecule has 1 aromatic carbocycles. The smallest absolute Gasteiger partial charge is 0.191 e. The predicted octanol–water partition coefficient (Wildman–Crippen LogP) is 2.53. The van der Waals surface area contributed by atoms with E-state index in [1.807, 2.05) is 31.5 Å². The standard InChI is InChI=1S/C17H23FN4O.HI/c1-2-19-17(20-9-12-22-10-5-6-11-22)21-13-16(23)14-7-3-4-8-15(14)18;/h3-8,10-11,16,23H,2,9,12-13H2,1H3,(H2,19,20,21);1H. The second-order valence-corrected chi connectivity index (χ2v) is 5.10. The minimum absolute atomic E-state index is 0. The van der Waals surface area contributed by atoms with Crippen molar-refractivity contribution in [1.82, 2.24) is 15.2 Å². The average Bonchev–Trinajstić information content (AvgIpc) is 3.06. The van der Waals surface area contributed by atoms with Crippen LogP contribution in [-0.2, 0) is 6.54 Å². The van der Waals surface area contributed by atoms with Gasteiger partial charge in [0.2, 0.25) is 0 Å². The van der Waals surface area contributed by atoms with Gasteiger partial charge in [-0.25, -0.2) is 4.39 Å². The van der Waals surface area contributed by atoms with Gasteiger partial charge in [0.25, 0.3) is 0 Å². The zero-order valence-corrected chi connectivity index (χ0v) is 16.0. The van der Waals surface area contributed by atoms with Crippen LogP contribution in [0.3, 0.4) is 0 Å². The van der Waals surface area contributed by atoms with Gasteiger partial charge in [-0.1, -0.05) is 18.2 Å². The van der Waals surface area contributed by atoms with Crippen molar-refractivity contribution in [2.24, 2.45) is 4.99 Å². The van der Waals surface area contributed by atoms with Crippen LogP contribution < -0.4 is 10.6 Å². The molecule has 0 spiro atoms. The summed E-state index contributed by atoms with van der Waals surface area (Å²) in [7, 11) is 0. The molecule has 0 amide bonds. The lowest BCUT2D eigenvalue weighted by atomic mass is 10.1. The number of aliphatic hydroxyl groups is 1. The molecule has 1 unspecified atom stereocenters. The van der Waals surface area contributed by atoms with Crippen molar-refractivity contribution in [2.45, 2.75) is 19.6 Å². The van der Waals surface area contributed by atoms with Crippen molar-refractivity contribution in [3.05, 3.63) is 60.2 Å². The van der Waals surface area contributed by atoms with Crippen molar-refractivity contribution < 1.29 is 9.50 Å². The first-order valence-electron chi connectivity index (χ1n) is 7.76. The number of hydrogen-bond donors (Lipinski definition) is 3. The Bertz CT molecular complexity index is 619. The van der Waals surface area contributed by atoms with Crippen LogP contribution in [0.1, 0.15) is 18.6 Å². The Balaban J connectivity index is 0.00000288. The van der Waals surface area contributed by atoms with Gasteiger partial charge in [-0.05, 0) is 25.1 Å². The number of rotatable bonds is 7. The molecule has 5 nitrogen and oxygen atoms in total. The van der Waals surface area contributed by atoms with Gasteiger partial charge < -0.3 is 20.3 Å². The Labute approximate surface area is 159 Å². The van der Waals surface area contributed by atoms with Crippen LogP contribution in [0.25, 0.3) is 0 Å². The number of guanidine groups is 1. The summed E-state index contributed by atoms with van der Waals surface area (Å²) < 4.78 is 15.7. The minimum Gasteiger partial charge on any atom is -0.386 e. The van der Waals surface area contributed by atoms with E-state index in [1.54, 1.807) is 18.2 Å². The number of nitrogens with zero attached hydrogens (tertiary/aromatic N) is 2. The number of aromatic nitrogens is 1. The quantitative estimate of drug-likeness (QED) is 0.348. The lowest BCUT2D eigenvalue weighted by molar-refractivity contribution is 0.182. The molecule has 0 radical (unpaired) electrons. The number of benzene rings is 1. The van der Waals surface area contributed by atoms with E-state index >= 15 is 0 Å². The van der Waals surface area contributed by atoms with Crippen LogP contribution in [0.2, 0.25) is 0 Å². The Morgan fingerprint density at radius 3 is 2.58 bits per heavy atom. The molecular formula is C17H24FIN4O. The average molecular weight is 446 g/mol. The largest absolute Gasteiger partial charge is 0.386 e. The SMILES string of the molecule is CCNC(=NCC(O)c1ccccc1F)NCCn1cccc1.I. The normalized spacial score (nSPS) is 12.4. The van der Waals surface area contributed by atoms with Crippen molar-refractivity contribution in [1.29, 1.82) is 0 Å².